The summed E-state index contributed by atoms with van der Waals surface area (Å²) in [6.45, 7) is 0. The highest BCUT2D eigenvalue weighted by Crippen LogP contribution is 2.26. The molecule has 0 aliphatic heterocycles. The highest BCUT2D eigenvalue weighted by Gasteiger charge is 2.30. The molecule has 0 radical (unpaired) electrons. The van der Waals surface area contributed by atoms with Crippen molar-refractivity contribution in [1.29, 1.82) is 0 Å². The molecule has 1 N–H and O–H groups in total. The number of halogens is 3. The molecule has 0 fully saturated rings. The molecule has 2 aromatic carbocycles. The van der Waals surface area contributed by atoms with Crippen LogP contribution in [0.25, 0.3) is 0 Å². The third kappa shape index (κ3) is 5.72. The molecule has 0 aliphatic carbocycles. The molecule has 23 heavy (non-hydrogen) atoms. The number of nitrogens with one attached hydrogen (secondary N) is 1. The number of alkyl halides is 3. The molecule has 8 heteroatoms. The fourth-order valence-corrected chi connectivity index (χ4v) is 2.47. The molecule has 0 saturated heterocycles. The molecule has 122 valence electrons. The molecule has 0 atom stereocenters. The quantitative estimate of drug-likeness (QED) is 0.441. The van der Waals surface area contributed by atoms with Crippen molar-refractivity contribution < 1.29 is 22.7 Å². The maximum atomic E-state index is 12.1. The Morgan fingerprint density at radius 3 is 2.22 bits per heavy atom. The van der Waals surface area contributed by atoms with E-state index >= 15 is 0 Å². The summed E-state index contributed by atoms with van der Waals surface area (Å²) in [4.78, 5) is 12.3. The number of benzene rings is 2. The number of carbonyl (C=O) groups excluding carboxylic acids is 1. The number of hydrogen-bond acceptors (Lipinski definition) is 5. The van der Waals surface area contributed by atoms with Gasteiger partial charge in [0, 0.05) is 16.1 Å². The summed E-state index contributed by atoms with van der Waals surface area (Å²) in [5, 5.41) is 0. The third-order valence-corrected chi connectivity index (χ3v) is 3.83. The van der Waals surface area contributed by atoms with Crippen LogP contribution >= 0.6 is 24.6 Å². The summed E-state index contributed by atoms with van der Waals surface area (Å²) in [6.07, 6.45) is -4.70. The van der Waals surface area contributed by atoms with Gasteiger partial charge in [0.25, 0.3) is 0 Å². The van der Waals surface area contributed by atoms with E-state index in [1.807, 2.05) is 0 Å². The van der Waals surface area contributed by atoms with Crippen LogP contribution in [0, 0.1) is 0 Å². The predicted molar refractivity (Wildman–Crippen MR) is 87.2 cm³/mol. The monoisotopic (exact) mass is 359 g/mol. The second kappa shape index (κ2) is 7.65. The molecule has 2 aromatic rings. The molecule has 0 amide bonds. The Bertz CT molecular complexity index is 658. The van der Waals surface area contributed by atoms with Crippen molar-refractivity contribution in [3.8, 4) is 5.75 Å². The lowest BCUT2D eigenvalue weighted by molar-refractivity contribution is -0.274. The predicted octanol–water partition coefficient (Wildman–Crippen LogP) is 4.82. The van der Waals surface area contributed by atoms with Crippen molar-refractivity contribution in [1.82, 2.24) is 0 Å². The largest absolute Gasteiger partial charge is 0.573 e. The van der Waals surface area contributed by atoms with Crippen molar-refractivity contribution in [2.75, 3.05) is 10.5 Å². The van der Waals surface area contributed by atoms with Gasteiger partial charge in [-0.25, -0.2) is 0 Å². The number of ether oxygens (including phenoxy) is 1. The number of carbonyl (C=O) groups is 1. The van der Waals surface area contributed by atoms with Crippen LogP contribution in [0.3, 0.4) is 0 Å². The van der Waals surface area contributed by atoms with Crippen molar-refractivity contribution in [2.45, 2.75) is 11.3 Å². The van der Waals surface area contributed by atoms with E-state index in [4.69, 9.17) is 0 Å². The Morgan fingerprint density at radius 2 is 1.70 bits per heavy atom. The Morgan fingerprint density at radius 1 is 1.09 bits per heavy atom. The summed E-state index contributed by atoms with van der Waals surface area (Å²) in [7, 11) is 0. The van der Waals surface area contributed by atoms with Crippen LogP contribution in [0.1, 0.15) is 10.4 Å². The van der Waals surface area contributed by atoms with Gasteiger partial charge in [-0.05, 0) is 48.3 Å². The van der Waals surface area contributed by atoms with Gasteiger partial charge < -0.3 is 9.46 Å². The van der Waals surface area contributed by atoms with Crippen LogP contribution in [0.2, 0.25) is 0 Å². The molecule has 0 bridgehead atoms. The summed E-state index contributed by atoms with van der Waals surface area (Å²) in [5.74, 6) is -0.183. The molecule has 3 nitrogen and oxygen atoms in total. The van der Waals surface area contributed by atoms with Gasteiger partial charge in [0.05, 0.1) is 5.75 Å². The third-order valence-electron chi connectivity index (χ3n) is 2.69. The number of Topliss-reactive ketones (excluding diaryl/α,β-unsaturated/α-hetero) is 1. The zero-order valence-electron chi connectivity index (χ0n) is 11.6. The lowest BCUT2D eigenvalue weighted by Gasteiger charge is -2.10. The molecule has 2 rings (SSSR count). The first-order valence-corrected chi connectivity index (χ1v) is 7.85. The van der Waals surface area contributed by atoms with Gasteiger partial charge in [0.15, 0.2) is 5.78 Å². The number of hydrogen-bond donors (Lipinski definition) is 2. The minimum Gasteiger partial charge on any atom is -0.406 e. The minimum absolute atomic E-state index is 0.0573. The summed E-state index contributed by atoms with van der Waals surface area (Å²) < 4.78 is 43.0. The first kappa shape index (κ1) is 17.6. The van der Waals surface area contributed by atoms with Gasteiger partial charge in [-0.2, -0.15) is 12.6 Å². The number of thiol groups is 1. The molecule has 0 saturated carbocycles. The summed E-state index contributed by atoms with van der Waals surface area (Å²) in [6, 6.07) is 12.4. The minimum atomic E-state index is -4.70. The average Bonchev–Trinajstić information content (AvgIpc) is 2.52. The van der Waals surface area contributed by atoms with E-state index in [1.54, 1.807) is 24.3 Å². The molecule has 0 aliphatic rings. The molecule has 0 aromatic heterocycles. The molecular formula is C15H12F3NO2S2. The maximum absolute atomic E-state index is 12.1. The van der Waals surface area contributed by atoms with E-state index in [9.17, 15) is 18.0 Å². The maximum Gasteiger partial charge on any atom is 0.573 e. The molecule has 0 unspecified atom stereocenters. The van der Waals surface area contributed by atoms with Crippen LogP contribution in [-0.2, 0) is 0 Å². The Hall–Kier alpha value is -1.80. The van der Waals surface area contributed by atoms with E-state index in [0.29, 0.717) is 11.3 Å². The number of rotatable bonds is 6. The summed E-state index contributed by atoms with van der Waals surface area (Å²) in [5.41, 5.74) is 1.21. The van der Waals surface area contributed by atoms with Gasteiger partial charge in [0.2, 0.25) is 0 Å². The smallest absolute Gasteiger partial charge is 0.406 e. The van der Waals surface area contributed by atoms with Crippen molar-refractivity contribution in [3.05, 3.63) is 54.1 Å². The van der Waals surface area contributed by atoms with Crippen molar-refractivity contribution in [3.63, 3.8) is 0 Å². The Kier molecular flexibility index (Phi) is 5.84. The van der Waals surface area contributed by atoms with E-state index in [0.717, 1.165) is 4.90 Å². The second-order valence-corrected chi connectivity index (χ2v) is 5.58. The van der Waals surface area contributed by atoms with Crippen LogP contribution in [0.4, 0.5) is 18.9 Å². The highest BCUT2D eigenvalue weighted by atomic mass is 32.2. The van der Waals surface area contributed by atoms with Crippen LogP contribution in [-0.4, -0.2) is 17.9 Å². The van der Waals surface area contributed by atoms with Crippen LogP contribution in [0.15, 0.2) is 53.4 Å². The van der Waals surface area contributed by atoms with Crippen LogP contribution in [0.5, 0.6) is 5.75 Å². The molecule has 0 spiro atoms. The van der Waals surface area contributed by atoms with Gasteiger partial charge in [-0.1, -0.05) is 12.1 Å². The second-order valence-electron chi connectivity index (χ2n) is 4.38. The van der Waals surface area contributed by atoms with Gasteiger partial charge in [-0.3, -0.25) is 4.79 Å². The fraction of sp³-hybridized carbons (Fsp3) is 0.133. The zero-order valence-corrected chi connectivity index (χ0v) is 13.3. The summed E-state index contributed by atoms with van der Waals surface area (Å²) >= 11 is 5.21. The van der Waals surface area contributed by atoms with E-state index in [-0.39, 0.29) is 17.3 Å². The van der Waals surface area contributed by atoms with Crippen molar-refractivity contribution in [2.24, 2.45) is 0 Å². The van der Waals surface area contributed by atoms with E-state index in [1.165, 1.54) is 36.2 Å². The topological polar surface area (TPSA) is 38.3 Å². The average molecular weight is 359 g/mol. The van der Waals surface area contributed by atoms with E-state index < -0.39 is 6.36 Å². The molecular weight excluding hydrogens is 347 g/mol. The standard InChI is InChI=1S/C15H12F3NO2S2/c16-15(17,18)21-12-5-3-11(4-6-12)19-23-13-7-1-10(2-8-13)14(20)9-22/h1-8,19,22H,9H2. The Balaban J connectivity index is 1.92. The highest BCUT2D eigenvalue weighted by molar-refractivity contribution is 8.00. The number of ketones is 1. The molecule has 0 heterocycles. The first-order chi connectivity index (χ1) is 10.9. The lowest BCUT2D eigenvalue weighted by atomic mass is 10.1. The van der Waals surface area contributed by atoms with E-state index in [2.05, 4.69) is 22.1 Å². The SMILES string of the molecule is O=C(CS)c1ccc(SNc2ccc(OC(F)(F)F)cc2)cc1. The first-order valence-electron chi connectivity index (χ1n) is 6.40. The van der Waals surface area contributed by atoms with Crippen molar-refractivity contribution >= 4 is 36.0 Å². The zero-order chi connectivity index (χ0) is 16.9. The fourth-order valence-electron chi connectivity index (χ4n) is 1.64. The van der Waals surface area contributed by atoms with Crippen LogP contribution < -0.4 is 9.46 Å². The lowest BCUT2D eigenvalue weighted by Crippen LogP contribution is -2.16. The normalized spacial score (nSPS) is 11.1. The Labute approximate surface area is 140 Å². The van der Waals surface area contributed by atoms with Gasteiger partial charge in [0.1, 0.15) is 5.75 Å². The van der Waals surface area contributed by atoms with Gasteiger partial charge in [-0.15, -0.1) is 13.2 Å². The van der Waals surface area contributed by atoms with Gasteiger partial charge >= 0.3 is 6.36 Å². The number of anilines is 1.